The van der Waals surface area contributed by atoms with Crippen LogP contribution in [0.2, 0.25) is 5.02 Å². The Balaban J connectivity index is 1.39. The van der Waals surface area contributed by atoms with Crippen LogP contribution in [0.15, 0.2) is 71.6 Å². The molecule has 1 aliphatic rings. The van der Waals surface area contributed by atoms with Gasteiger partial charge in [-0.1, -0.05) is 54.8 Å². The van der Waals surface area contributed by atoms with Crippen molar-refractivity contribution in [2.75, 3.05) is 11.9 Å². The van der Waals surface area contributed by atoms with Crippen LogP contribution in [0.1, 0.15) is 41.6 Å². The minimum atomic E-state index is -4.22. The lowest BCUT2D eigenvalue weighted by atomic mass is 10.1. The van der Waals surface area contributed by atoms with Gasteiger partial charge in [0, 0.05) is 18.3 Å². The van der Waals surface area contributed by atoms with Gasteiger partial charge in [-0.2, -0.15) is 0 Å². The molecular weight excluding hydrogens is 491 g/mol. The van der Waals surface area contributed by atoms with E-state index >= 15 is 0 Å². The maximum Gasteiger partial charge on any atom is 0.268 e. The van der Waals surface area contributed by atoms with Crippen molar-refractivity contribution in [2.24, 2.45) is 5.92 Å². The van der Waals surface area contributed by atoms with E-state index < -0.39 is 27.3 Å². The van der Waals surface area contributed by atoms with Crippen molar-refractivity contribution in [3.63, 3.8) is 0 Å². The molecule has 1 amide bonds. The summed E-state index contributed by atoms with van der Waals surface area (Å²) in [5.74, 6) is -1.49. The highest BCUT2D eigenvalue weighted by Crippen LogP contribution is 2.31. The van der Waals surface area contributed by atoms with E-state index in [0.29, 0.717) is 24.8 Å². The van der Waals surface area contributed by atoms with Gasteiger partial charge in [0.05, 0.1) is 22.1 Å². The number of benzene rings is 3. The zero-order valence-corrected chi connectivity index (χ0v) is 20.5. The molecule has 0 unspecified atom stereocenters. The third kappa shape index (κ3) is 6.52. The summed E-state index contributed by atoms with van der Waals surface area (Å²) in [4.78, 5) is 12.4. The van der Waals surface area contributed by atoms with Crippen LogP contribution in [0, 0.1) is 11.7 Å². The molecular formula is C26H26ClFN2O4S. The Morgan fingerprint density at radius 1 is 1.03 bits per heavy atom. The van der Waals surface area contributed by atoms with E-state index in [0.717, 1.165) is 43.4 Å². The molecule has 0 heterocycles. The standard InChI is InChI=1S/C26H26ClFN2O4S/c27-23-14-22(24(28)15-25(23)34-17-19-8-4-5-9-19)26(31)30-35(32,33)21-12-10-20(11-13-21)29-16-18-6-2-1-3-7-18/h1-3,6-7,10-15,19,29H,4-5,8-9,16-17H2,(H,30,31). The second kappa shape index (κ2) is 11.1. The maximum atomic E-state index is 14.6. The number of anilines is 1. The molecule has 0 aromatic heterocycles. The van der Waals surface area contributed by atoms with E-state index in [9.17, 15) is 17.6 Å². The van der Waals surface area contributed by atoms with Crippen LogP contribution in [-0.4, -0.2) is 20.9 Å². The van der Waals surface area contributed by atoms with E-state index in [4.69, 9.17) is 16.3 Å². The first kappa shape index (κ1) is 25.0. The summed E-state index contributed by atoms with van der Waals surface area (Å²) in [6, 6.07) is 17.8. The van der Waals surface area contributed by atoms with Crippen molar-refractivity contribution in [3.8, 4) is 5.75 Å². The fraction of sp³-hybridized carbons (Fsp3) is 0.269. The molecule has 0 spiro atoms. The monoisotopic (exact) mass is 516 g/mol. The zero-order valence-electron chi connectivity index (χ0n) is 19.0. The minimum absolute atomic E-state index is 0.0424. The summed E-state index contributed by atoms with van der Waals surface area (Å²) < 4.78 is 47.5. The highest BCUT2D eigenvalue weighted by Gasteiger charge is 2.23. The molecule has 184 valence electrons. The first-order valence-corrected chi connectivity index (χ1v) is 13.2. The first-order chi connectivity index (χ1) is 16.8. The molecule has 0 radical (unpaired) electrons. The Labute approximate surface area is 209 Å². The van der Waals surface area contributed by atoms with Gasteiger partial charge >= 0.3 is 0 Å². The average Bonchev–Trinajstić information content (AvgIpc) is 3.37. The molecule has 1 saturated carbocycles. The Morgan fingerprint density at radius 3 is 2.40 bits per heavy atom. The number of carbonyl (C=O) groups excluding carboxylic acids is 1. The average molecular weight is 517 g/mol. The molecule has 3 aromatic rings. The van der Waals surface area contributed by atoms with Crippen molar-refractivity contribution < 1.29 is 22.3 Å². The van der Waals surface area contributed by atoms with Crippen molar-refractivity contribution in [3.05, 3.63) is 88.7 Å². The van der Waals surface area contributed by atoms with E-state index in [-0.39, 0.29) is 15.7 Å². The quantitative estimate of drug-likeness (QED) is 0.376. The lowest BCUT2D eigenvalue weighted by Gasteiger charge is -2.14. The topological polar surface area (TPSA) is 84.5 Å². The van der Waals surface area contributed by atoms with Gasteiger partial charge in [0.2, 0.25) is 0 Å². The molecule has 1 aliphatic carbocycles. The van der Waals surface area contributed by atoms with Gasteiger partial charge in [-0.15, -0.1) is 0 Å². The molecule has 0 saturated heterocycles. The second-order valence-corrected chi connectivity index (χ2v) is 10.6. The summed E-state index contributed by atoms with van der Waals surface area (Å²) in [6.45, 7) is 0.999. The Hall–Kier alpha value is -3.10. The number of ether oxygens (including phenoxy) is 1. The van der Waals surface area contributed by atoms with Gasteiger partial charge in [-0.05, 0) is 54.7 Å². The largest absolute Gasteiger partial charge is 0.492 e. The minimum Gasteiger partial charge on any atom is -0.492 e. The van der Waals surface area contributed by atoms with Gasteiger partial charge < -0.3 is 10.1 Å². The van der Waals surface area contributed by atoms with Crippen LogP contribution in [0.4, 0.5) is 10.1 Å². The number of nitrogens with one attached hydrogen (secondary N) is 2. The number of rotatable bonds is 9. The van der Waals surface area contributed by atoms with Crippen LogP contribution in [0.25, 0.3) is 0 Å². The number of hydrogen-bond acceptors (Lipinski definition) is 5. The first-order valence-electron chi connectivity index (χ1n) is 11.4. The fourth-order valence-corrected chi connectivity index (χ4v) is 5.17. The van der Waals surface area contributed by atoms with Crippen LogP contribution in [0.5, 0.6) is 5.75 Å². The van der Waals surface area contributed by atoms with Crippen LogP contribution >= 0.6 is 11.6 Å². The molecule has 3 aromatic carbocycles. The molecule has 1 fully saturated rings. The number of sulfonamides is 1. The summed E-state index contributed by atoms with van der Waals surface area (Å²) >= 11 is 6.18. The van der Waals surface area contributed by atoms with Crippen molar-refractivity contribution in [1.82, 2.24) is 4.72 Å². The number of amides is 1. The van der Waals surface area contributed by atoms with Gasteiger partial charge in [0.25, 0.3) is 15.9 Å². The third-order valence-electron chi connectivity index (χ3n) is 5.95. The maximum absolute atomic E-state index is 14.6. The number of halogens is 2. The molecule has 0 bridgehead atoms. The molecule has 2 N–H and O–H groups in total. The van der Waals surface area contributed by atoms with Crippen molar-refractivity contribution in [1.29, 1.82) is 0 Å². The molecule has 0 aliphatic heterocycles. The summed E-state index contributed by atoms with van der Waals surface area (Å²) in [5.41, 5.74) is 1.31. The van der Waals surface area contributed by atoms with Gasteiger partial charge in [-0.25, -0.2) is 17.5 Å². The summed E-state index contributed by atoms with van der Waals surface area (Å²) in [5, 5.41) is 3.24. The van der Waals surface area contributed by atoms with E-state index in [1.807, 2.05) is 35.1 Å². The Bertz CT molecular complexity index is 1280. The number of hydrogen-bond donors (Lipinski definition) is 2. The predicted octanol–water partition coefficient (Wildman–Crippen LogP) is 5.78. The SMILES string of the molecule is O=C(NS(=O)(=O)c1ccc(NCc2ccccc2)cc1)c1cc(Cl)c(OCC2CCCC2)cc1F. The lowest BCUT2D eigenvalue weighted by Crippen LogP contribution is -2.31. The van der Waals surface area contributed by atoms with Gasteiger partial charge in [0.15, 0.2) is 0 Å². The van der Waals surface area contributed by atoms with Gasteiger partial charge in [0.1, 0.15) is 11.6 Å². The Kier molecular flexibility index (Phi) is 7.93. The van der Waals surface area contributed by atoms with Crippen LogP contribution in [0.3, 0.4) is 0 Å². The van der Waals surface area contributed by atoms with E-state index in [1.165, 1.54) is 12.1 Å². The van der Waals surface area contributed by atoms with Gasteiger partial charge in [-0.3, -0.25) is 4.79 Å². The molecule has 6 nitrogen and oxygen atoms in total. The van der Waals surface area contributed by atoms with Crippen molar-refractivity contribution >= 4 is 33.2 Å². The highest BCUT2D eigenvalue weighted by atomic mass is 35.5. The summed E-state index contributed by atoms with van der Waals surface area (Å²) in [6.07, 6.45) is 4.41. The Morgan fingerprint density at radius 2 is 1.71 bits per heavy atom. The predicted molar refractivity (Wildman–Crippen MR) is 134 cm³/mol. The van der Waals surface area contributed by atoms with E-state index in [1.54, 1.807) is 12.1 Å². The third-order valence-corrected chi connectivity index (χ3v) is 7.59. The fourth-order valence-electron chi connectivity index (χ4n) is 3.99. The smallest absolute Gasteiger partial charge is 0.268 e. The molecule has 9 heteroatoms. The van der Waals surface area contributed by atoms with Crippen molar-refractivity contribution in [2.45, 2.75) is 37.1 Å². The normalized spacial score (nSPS) is 14.0. The van der Waals surface area contributed by atoms with Crippen LogP contribution < -0.4 is 14.8 Å². The number of carbonyl (C=O) groups is 1. The lowest BCUT2D eigenvalue weighted by molar-refractivity contribution is 0.0977. The van der Waals surface area contributed by atoms with E-state index in [2.05, 4.69) is 5.32 Å². The van der Waals surface area contributed by atoms with Crippen LogP contribution in [-0.2, 0) is 16.6 Å². The molecule has 0 atom stereocenters. The summed E-state index contributed by atoms with van der Waals surface area (Å²) in [7, 11) is -4.22. The molecule has 4 rings (SSSR count). The second-order valence-electron chi connectivity index (χ2n) is 8.52. The zero-order chi connectivity index (χ0) is 24.8. The molecule has 35 heavy (non-hydrogen) atoms. The highest BCUT2D eigenvalue weighted by molar-refractivity contribution is 7.90.